The van der Waals surface area contributed by atoms with Crippen LogP contribution in [0.4, 0.5) is 4.79 Å². The summed E-state index contributed by atoms with van der Waals surface area (Å²) in [5.41, 5.74) is 1.13. The molecule has 2 aromatic carbocycles. The van der Waals surface area contributed by atoms with Crippen LogP contribution in [0.2, 0.25) is 0 Å². The summed E-state index contributed by atoms with van der Waals surface area (Å²) in [7, 11) is 1.61. The molecule has 0 bridgehead atoms. The molecule has 2 atom stereocenters. The van der Waals surface area contributed by atoms with Crippen molar-refractivity contribution in [3.05, 3.63) is 71.8 Å². The topological polar surface area (TPSA) is 76.2 Å². The maximum Gasteiger partial charge on any atom is 0.410 e. The molecule has 1 aliphatic heterocycles. The standard InChI is InChI=1S/C28H36N2O5/c1-28(2,3)35-27(33)30-18-12-11-17-23(30)25(31)29(4)24(19-21-13-7-5-8-14-21)26(32)34-20-22-15-9-6-10-16-22/h5-10,13-16,23-24H,11-12,17-20H2,1-4H3/t23-,24+/m0/s1. The molecule has 2 amide bonds. The van der Waals surface area contributed by atoms with Crippen LogP contribution in [-0.4, -0.2) is 59.0 Å². The van der Waals surface area contributed by atoms with Crippen LogP contribution in [0.3, 0.4) is 0 Å². The van der Waals surface area contributed by atoms with Crippen molar-refractivity contribution in [2.24, 2.45) is 0 Å². The normalized spacial score (nSPS) is 16.8. The van der Waals surface area contributed by atoms with E-state index in [0.29, 0.717) is 19.4 Å². The van der Waals surface area contributed by atoms with E-state index >= 15 is 0 Å². The molecular weight excluding hydrogens is 444 g/mol. The number of nitrogens with zero attached hydrogens (tertiary/aromatic N) is 2. The Bertz CT molecular complexity index is 987. The molecule has 3 rings (SSSR count). The summed E-state index contributed by atoms with van der Waals surface area (Å²) in [5, 5.41) is 0. The predicted molar refractivity (Wildman–Crippen MR) is 134 cm³/mol. The van der Waals surface area contributed by atoms with Gasteiger partial charge in [-0.05, 0) is 51.2 Å². The smallest absolute Gasteiger partial charge is 0.410 e. The van der Waals surface area contributed by atoms with E-state index in [2.05, 4.69) is 0 Å². The molecule has 7 nitrogen and oxygen atoms in total. The Balaban J connectivity index is 1.78. The highest BCUT2D eigenvalue weighted by atomic mass is 16.6. The second-order valence-electron chi connectivity index (χ2n) is 9.93. The summed E-state index contributed by atoms with van der Waals surface area (Å²) in [6, 6.07) is 17.5. The Morgan fingerprint density at radius 2 is 1.57 bits per heavy atom. The van der Waals surface area contributed by atoms with Gasteiger partial charge >= 0.3 is 12.1 Å². The first-order valence-electron chi connectivity index (χ1n) is 12.2. The van der Waals surface area contributed by atoms with Gasteiger partial charge in [-0.15, -0.1) is 0 Å². The number of ether oxygens (including phenoxy) is 2. The molecule has 1 aliphatic rings. The number of hydrogen-bond donors (Lipinski definition) is 0. The quantitative estimate of drug-likeness (QED) is 0.542. The van der Waals surface area contributed by atoms with Crippen LogP contribution >= 0.6 is 0 Å². The van der Waals surface area contributed by atoms with Crippen LogP contribution in [0.5, 0.6) is 0 Å². The van der Waals surface area contributed by atoms with Crippen LogP contribution < -0.4 is 0 Å². The van der Waals surface area contributed by atoms with Gasteiger partial charge in [-0.1, -0.05) is 60.7 Å². The third-order valence-corrected chi connectivity index (χ3v) is 6.00. The number of esters is 1. The van der Waals surface area contributed by atoms with E-state index in [-0.39, 0.29) is 12.5 Å². The Labute approximate surface area is 208 Å². The zero-order valence-electron chi connectivity index (χ0n) is 21.1. The van der Waals surface area contributed by atoms with Gasteiger partial charge in [0.25, 0.3) is 0 Å². The van der Waals surface area contributed by atoms with Gasteiger partial charge in [0.1, 0.15) is 24.3 Å². The number of likely N-dealkylation sites (tertiary alicyclic amines) is 1. The minimum absolute atomic E-state index is 0.125. The second-order valence-corrected chi connectivity index (χ2v) is 9.93. The average Bonchev–Trinajstić information content (AvgIpc) is 2.85. The number of amides is 2. The summed E-state index contributed by atoms with van der Waals surface area (Å²) in [6.07, 6.45) is 1.97. The van der Waals surface area contributed by atoms with Gasteiger partial charge in [-0.25, -0.2) is 9.59 Å². The molecule has 0 aromatic heterocycles. The Kier molecular flexibility index (Phi) is 8.90. The van der Waals surface area contributed by atoms with Crippen LogP contribution in [0.1, 0.15) is 51.2 Å². The van der Waals surface area contributed by atoms with E-state index in [1.165, 1.54) is 9.80 Å². The molecule has 0 N–H and O–H groups in total. The second kappa shape index (κ2) is 11.9. The first kappa shape index (κ1) is 26.3. The molecule has 2 aromatic rings. The van der Waals surface area contributed by atoms with Gasteiger partial charge in [-0.3, -0.25) is 9.69 Å². The molecule has 35 heavy (non-hydrogen) atoms. The van der Waals surface area contributed by atoms with Crippen molar-refractivity contribution >= 4 is 18.0 Å². The van der Waals surface area contributed by atoms with Crippen molar-refractivity contribution in [1.29, 1.82) is 0 Å². The number of carbonyl (C=O) groups excluding carboxylic acids is 3. The molecule has 1 saturated heterocycles. The Hall–Kier alpha value is -3.35. The Morgan fingerprint density at radius 1 is 0.971 bits per heavy atom. The summed E-state index contributed by atoms with van der Waals surface area (Å²) in [4.78, 5) is 42.7. The fourth-order valence-corrected chi connectivity index (χ4v) is 4.16. The third-order valence-electron chi connectivity index (χ3n) is 6.00. The molecule has 0 radical (unpaired) electrons. The molecule has 188 valence electrons. The van der Waals surface area contributed by atoms with E-state index in [0.717, 1.165) is 24.0 Å². The van der Waals surface area contributed by atoms with Crippen molar-refractivity contribution in [3.8, 4) is 0 Å². The molecule has 1 fully saturated rings. The lowest BCUT2D eigenvalue weighted by Gasteiger charge is -2.38. The molecule has 0 saturated carbocycles. The highest BCUT2D eigenvalue weighted by Gasteiger charge is 2.39. The summed E-state index contributed by atoms with van der Waals surface area (Å²) in [6.45, 7) is 5.98. The van der Waals surface area contributed by atoms with E-state index in [4.69, 9.17) is 9.47 Å². The molecule has 0 spiro atoms. The summed E-state index contributed by atoms with van der Waals surface area (Å²) in [5.74, 6) is -0.763. The number of rotatable bonds is 7. The maximum atomic E-state index is 13.7. The fourth-order valence-electron chi connectivity index (χ4n) is 4.16. The monoisotopic (exact) mass is 480 g/mol. The lowest BCUT2D eigenvalue weighted by atomic mass is 9.99. The Morgan fingerprint density at radius 3 is 2.17 bits per heavy atom. The fraction of sp³-hybridized carbons (Fsp3) is 0.464. The lowest BCUT2D eigenvalue weighted by Crippen LogP contribution is -2.56. The summed E-state index contributed by atoms with van der Waals surface area (Å²) < 4.78 is 11.2. The zero-order valence-corrected chi connectivity index (χ0v) is 21.1. The van der Waals surface area contributed by atoms with Gasteiger partial charge in [0, 0.05) is 20.0 Å². The van der Waals surface area contributed by atoms with Crippen LogP contribution in [0.25, 0.3) is 0 Å². The summed E-state index contributed by atoms with van der Waals surface area (Å²) >= 11 is 0. The predicted octanol–water partition coefficient (Wildman–Crippen LogP) is 4.59. The van der Waals surface area contributed by atoms with Crippen LogP contribution in [0.15, 0.2) is 60.7 Å². The van der Waals surface area contributed by atoms with Crippen molar-refractivity contribution in [3.63, 3.8) is 0 Å². The third kappa shape index (κ3) is 7.57. The lowest BCUT2D eigenvalue weighted by molar-refractivity contribution is -0.157. The minimum atomic E-state index is -0.823. The van der Waals surface area contributed by atoms with E-state index in [1.807, 2.05) is 60.7 Å². The number of hydrogen-bond acceptors (Lipinski definition) is 5. The van der Waals surface area contributed by atoms with Crippen LogP contribution in [-0.2, 0) is 32.1 Å². The largest absolute Gasteiger partial charge is 0.459 e. The SMILES string of the molecule is CN(C(=O)[C@@H]1CCCCN1C(=O)OC(C)(C)C)[C@H](Cc1ccccc1)C(=O)OCc1ccccc1. The van der Waals surface area contributed by atoms with E-state index in [9.17, 15) is 14.4 Å². The molecule has 0 unspecified atom stereocenters. The highest BCUT2D eigenvalue weighted by Crippen LogP contribution is 2.23. The highest BCUT2D eigenvalue weighted by molar-refractivity contribution is 5.90. The van der Waals surface area contributed by atoms with E-state index in [1.54, 1.807) is 27.8 Å². The zero-order chi connectivity index (χ0) is 25.4. The first-order chi connectivity index (χ1) is 16.7. The molecular formula is C28H36N2O5. The van der Waals surface area contributed by atoms with Crippen molar-refractivity contribution in [2.75, 3.05) is 13.6 Å². The first-order valence-corrected chi connectivity index (χ1v) is 12.2. The van der Waals surface area contributed by atoms with Gasteiger partial charge in [0.05, 0.1) is 0 Å². The minimum Gasteiger partial charge on any atom is -0.459 e. The number of likely N-dealkylation sites (N-methyl/N-ethyl adjacent to an activating group) is 1. The van der Waals surface area contributed by atoms with Gasteiger partial charge in [-0.2, -0.15) is 0 Å². The van der Waals surface area contributed by atoms with Gasteiger partial charge < -0.3 is 14.4 Å². The van der Waals surface area contributed by atoms with Crippen molar-refractivity contribution in [2.45, 2.75) is 70.7 Å². The van der Waals surface area contributed by atoms with Crippen LogP contribution in [0, 0.1) is 0 Å². The molecule has 7 heteroatoms. The molecule has 1 heterocycles. The van der Waals surface area contributed by atoms with E-state index < -0.39 is 29.7 Å². The maximum absolute atomic E-state index is 13.7. The van der Waals surface area contributed by atoms with Crippen molar-refractivity contribution < 1.29 is 23.9 Å². The number of carbonyl (C=O) groups is 3. The van der Waals surface area contributed by atoms with Gasteiger partial charge in [0.2, 0.25) is 5.91 Å². The average molecular weight is 481 g/mol. The number of benzene rings is 2. The number of piperidine rings is 1. The molecule has 0 aliphatic carbocycles. The van der Waals surface area contributed by atoms with Gasteiger partial charge in [0.15, 0.2) is 0 Å². The van der Waals surface area contributed by atoms with Crippen molar-refractivity contribution in [1.82, 2.24) is 9.80 Å².